The van der Waals surface area contributed by atoms with Gasteiger partial charge in [-0.25, -0.2) is 14.9 Å². The Morgan fingerprint density at radius 2 is 1.25 bits per heavy atom. The number of carbonyl (C=O) groups is 3. The molecule has 1 aliphatic heterocycles. The number of imide groups is 1. The minimum absolute atomic E-state index is 0.112. The number of amides is 3. The normalized spacial score (nSPS) is 12.7. The van der Waals surface area contributed by atoms with Crippen molar-refractivity contribution in [3.63, 3.8) is 0 Å². The molecule has 5 aromatic carbocycles. The van der Waals surface area contributed by atoms with Crippen molar-refractivity contribution >= 4 is 95.7 Å². The van der Waals surface area contributed by atoms with Crippen LogP contribution in [-0.2, 0) is 4.79 Å². The van der Waals surface area contributed by atoms with E-state index in [1.165, 1.54) is 39.1 Å². The molecule has 7 aromatic rings. The van der Waals surface area contributed by atoms with Gasteiger partial charge in [-0.1, -0.05) is 96.3 Å². The second-order valence-corrected chi connectivity index (χ2v) is 15.6. The summed E-state index contributed by atoms with van der Waals surface area (Å²) in [5.74, 6) is -0.623. The van der Waals surface area contributed by atoms with Crippen LogP contribution in [0, 0.1) is 0 Å². The van der Waals surface area contributed by atoms with E-state index in [4.69, 9.17) is 4.98 Å². The van der Waals surface area contributed by atoms with E-state index in [1.54, 1.807) is 65.6 Å². The number of hydrogen-bond donors (Lipinski definition) is 1. The lowest BCUT2D eigenvalue weighted by Crippen LogP contribution is -2.29. The van der Waals surface area contributed by atoms with Crippen molar-refractivity contribution in [2.24, 2.45) is 0 Å². The minimum atomic E-state index is -0.333. The molecule has 2 aromatic heterocycles. The average molecular weight is 701 g/mol. The Morgan fingerprint density at radius 3 is 1.92 bits per heavy atom. The van der Waals surface area contributed by atoms with Gasteiger partial charge in [0.2, 0.25) is 5.91 Å². The molecule has 0 radical (unpaired) electrons. The van der Waals surface area contributed by atoms with Crippen molar-refractivity contribution in [1.82, 2.24) is 9.97 Å². The van der Waals surface area contributed by atoms with Crippen LogP contribution in [0.5, 0.6) is 0 Å². The van der Waals surface area contributed by atoms with Crippen LogP contribution >= 0.6 is 46.2 Å². The predicted molar refractivity (Wildman–Crippen MR) is 197 cm³/mol. The topological polar surface area (TPSA) is 92.3 Å². The maximum atomic E-state index is 13.0. The number of rotatable bonds is 9. The maximum Gasteiger partial charge on any atom is 0.266 e. The van der Waals surface area contributed by atoms with Crippen LogP contribution in [-0.4, -0.2) is 33.4 Å². The molecule has 0 saturated heterocycles. The Morgan fingerprint density at radius 1 is 0.688 bits per heavy atom. The molecule has 3 amide bonds. The van der Waals surface area contributed by atoms with Crippen molar-refractivity contribution in [2.75, 3.05) is 16.0 Å². The monoisotopic (exact) mass is 700 g/mol. The molecule has 0 bridgehead atoms. The Labute approximate surface area is 292 Å². The van der Waals surface area contributed by atoms with Crippen LogP contribution in [0.25, 0.3) is 20.4 Å². The number of thioether (sulfide) groups is 2. The van der Waals surface area contributed by atoms with Crippen molar-refractivity contribution in [3.8, 4) is 0 Å². The Balaban J connectivity index is 0.929. The van der Waals surface area contributed by atoms with Gasteiger partial charge in [0.05, 0.1) is 48.3 Å². The fraction of sp³-hybridized carbons (Fsp3) is 0.0541. The predicted octanol–water partition coefficient (Wildman–Crippen LogP) is 9.32. The molecule has 0 fully saturated rings. The maximum absolute atomic E-state index is 13.0. The van der Waals surface area contributed by atoms with E-state index in [-0.39, 0.29) is 28.7 Å². The summed E-state index contributed by atoms with van der Waals surface area (Å²) in [5.41, 5.74) is 6.10. The van der Waals surface area contributed by atoms with E-state index in [0.29, 0.717) is 22.5 Å². The van der Waals surface area contributed by atoms with Crippen molar-refractivity contribution in [2.45, 2.75) is 13.9 Å². The van der Waals surface area contributed by atoms with E-state index in [9.17, 15) is 14.4 Å². The van der Waals surface area contributed by atoms with E-state index in [1.807, 2.05) is 30.3 Å². The smallest absolute Gasteiger partial charge is 0.266 e. The van der Waals surface area contributed by atoms with Gasteiger partial charge in [0.15, 0.2) is 8.68 Å². The highest BCUT2D eigenvalue weighted by Crippen LogP contribution is 2.43. The zero-order valence-electron chi connectivity index (χ0n) is 25.0. The van der Waals surface area contributed by atoms with E-state index < -0.39 is 0 Å². The van der Waals surface area contributed by atoms with Gasteiger partial charge < -0.3 is 5.32 Å². The lowest BCUT2D eigenvalue weighted by molar-refractivity contribution is -0.113. The molecule has 0 aliphatic carbocycles. The van der Waals surface area contributed by atoms with Crippen LogP contribution < -0.4 is 10.2 Å². The number of fused-ring (bicyclic) bond motifs is 3. The van der Waals surface area contributed by atoms with Gasteiger partial charge in [0.1, 0.15) is 0 Å². The van der Waals surface area contributed by atoms with Gasteiger partial charge in [-0.3, -0.25) is 14.4 Å². The van der Waals surface area contributed by atoms with Crippen LogP contribution in [0.4, 0.5) is 11.4 Å². The summed E-state index contributed by atoms with van der Waals surface area (Å²) in [6.45, 7) is 0. The van der Waals surface area contributed by atoms with E-state index >= 15 is 0 Å². The number of carbonyl (C=O) groups excluding carboxylic acids is 3. The molecule has 1 N–H and O–H groups in total. The zero-order chi connectivity index (χ0) is 32.6. The first kappa shape index (κ1) is 30.5. The molecule has 0 unspecified atom stereocenters. The standard InChI is InChI=1S/C37H24N4O3S4/c42-32(21-45-36-39-29-18-16-25(20-31(29)46-36)41-34(43)26-13-7-8-14-27(26)35(41)44)38-24-15-17-28-30(19-24)47-37(40-28)48-33(22-9-3-1-4-10-22)23-11-5-2-6-12-23/h1-20,33H,21H2,(H,38,42). The lowest BCUT2D eigenvalue weighted by Gasteiger charge is -2.16. The third-order valence-electron chi connectivity index (χ3n) is 7.81. The molecule has 234 valence electrons. The molecule has 11 heteroatoms. The van der Waals surface area contributed by atoms with Crippen molar-refractivity contribution in [3.05, 3.63) is 144 Å². The number of nitrogens with zero attached hydrogens (tertiary/aromatic N) is 3. The quantitative estimate of drug-likeness (QED) is 0.119. The summed E-state index contributed by atoms with van der Waals surface area (Å²) in [6, 6.07) is 38.8. The van der Waals surface area contributed by atoms with Gasteiger partial charge in [-0.05, 0) is 59.7 Å². The third kappa shape index (κ3) is 6.01. The second-order valence-electron chi connectivity index (χ2n) is 10.9. The first-order chi connectivity index (χ1) is 23.5. The molecule has 0 atom stereocenters. The number of nitrogens with one attached hydrogen (secondary N) is 1. The average Bonchev–Trinajstić information content (AvgIpc) is 3.79. The molecule has 3 heterocycles. The highest BCUT2D eigenvalue weighted by atomic mass is 32.2. The molecule has 0 spiro atoms. The molecule has 48 heavy (non-hydrogen) atoms. The van der Waals surface area contributed by atoms with Gasteiger partial charge >= 0.3 is 0 Å². The molecule has 0 saturated carbocycles. The van der Waals surface area contributed by atoms with E-state index in [2.05, 4.69) is 58.8 Å². The number of thiazole rings is 2. The van der Waals surface area contributed by atoms with Crippen LogP contribution in [0.2, 0.25) is 0 Å². The SMILES string of the molecule is O=C(CSc1nc2ccc(N3C(=O)c4ccccc4C3=O)cc2s1)Nc1ccc2nc(SC(c3ccccc3)c3ccccc3)sc2c1. The lowest BCUT2D eigenvalue weighted by atomic mass is 10.0. The van der Waals surface area contributed by atoms with Gasteiger partial charge in [0, 0.05) is 5.69 Å². The molecule has 7 nitrogen and oxygen atoms in total. The summed E-state index contributed by atoms with van der Waals surface area (Å²) in [6.07, 6.45) is 0. The third-order valence-corrected chi connectivity index (χ3v) is 12.4. The molecule has 1 aliphatic rings. The molecule has 8 rings (SSSR count). The summed E-state index contributed by atoms with van der Waals surface area (Å²) >= 11 is 6.12. The first-order valence-electron chi connectivity index (χ1n) is 15.0. The van der Waals surface area contributed by atoms with Crippen LogP contribution in [0.15, 0.2) is 130 Å². The summed E-state index contributed by atoms with van der Waals surface area (Å²) in [7, 11) is 0. The summed E-state index contributed by atoms with van der Waals surface area (Å²) < 4.78 is 3.52. The largest absolute Gasteiger partial charge is 0.325 e. The second kappa shape index (κ2) is 13.0. The summed E-state index contributed by atoms with van der Waals surface area (Å²) in [5, 5.41) is 3.12. The molecular weight excluding hydrogens is 677 g/mol. The van der Waals surface area contributed by atoms with E-state index in [0.717, 1.165) is 29.1 Å². The van der Waals surface area contributed by atoms with Crippen LogP contribution in [0.3, 0.4) is 0 Å². The minimum Gasteiger partial charge on any atom is -0.325 e. The van der Waals surface area contributed by atoms with Crippen molar-refractivity contribution in [1.29, 1.82) is 0 Å². The zero-order valence-corrected chi connectivity index (χ0v) is 28.3. The fourth-order valence-corrected chi connectivity index (χ4v) is 9.89. The van der Waals surface area contributed by atoms with Gasteiger partial charge in [0.25, 0.3) is 11.8 Å². The Bertz CT molecular complexity index is 2270. The first-order valence-corrected chi connectivity index (χ1v) is 18.5. The number of benzene rings is 5. The van der Waals surface area contributed by atoms with Crippen LogP contribution in [0.1, 0.15) is 37.1 Å². The van der Waals surface area contributed by atoms with Crippen molar-refractivity contribution < 1.29 is 14.4 Å². The summed E-state index contributed by atoms with van der Waals surface area (Å²) in [4.78, 5) is 49.6. The highest BCUT2D eigenvalue weighted by Gasteiger charge is 2.36. The Hall–Kier alpha value is -4.81. The fourth-order valence-electron chi connectivity index (χ4n) is 5.56. The van der Waals surface area contributed by atoms with Gasteiger partial charge in [-0.15, -0.1) is 22.7 Å². The number of aromatic nitrogens is 2. The highest BCUT2D eigenvalue weighted by molar-refractivity contribution is 8.02. The number of hydrogen-bond acceptors (Lipinski definition) is 9. The number of anilines is 2. The van der Waals surface area contributed by atoms with Gasteiger partial charge in [-0.2, -0.15) is 0 Å². The Kier molecular flexibility index (Phi) is 8.27. The molecular formula is C37H24N4O3S4.